The van der Waals surface area contributed by atoms with Gasteiger partial charge in [-0.05, 0) is 25.1 Å². The Morgan fingerprint density at radius 1 is 1.25 bits per heavy atom. The van der Waals surface area contributed by atoms with Crippen molar-refractivity contribution in [3.05, 3.63) is 35.4 Å². The van der Waals surface area contributed by atoms with Gasteiger partial charge in [0, 0.05) is 18.0 Å². The van der Waals surface area contributed by atoms with Gasteiger partial charge in [-0.3, -0.25) is 4.79 Å². The van der Waals surface area contributed by atoms with Crippen molar-refractivity contribution in [2.45, 2.75) is 39.3 Å². The molecule has 0 radical (unpaired) electrons. The lowest BCUT2D eigenvalue weighted by atomic mass is 10.1. The molecule has 1 aromatic carbocycles. The maximum Gasteiger partial charge on any atom is 0.254 e. The zero-order valence-corrected chi connectivity index (χ0v) is 13.9. The lowest BCUT2D eigenvalue weighted by Gasteiger charge is -2.33. The fraction of sp³-hybridized carbons (Fsp3) is 0.438. The van der Waals surface area contributed by atoms with E-state index in [2.05, 4.69) is 50.9 Å². The molecule has 3 aromatic rings. The first-order chi connectivity index (χ1) is 11.5. The van der Waals surface area contributed by atoms with E-state index in [4.69, 9.17) is 0 Å². The summed E-state index contributed by atoms with van der Waals surface area (Å²) in [5.41, 5.74) is 2.05. The standard InChI is InChI=1S/C16H19N7O/c1-9(2)15-20-19-14-8-22(7-10(3)23(14)15)16(24)11-4-5-12-13(6-11)18-21-17-12/h4-6,9-10H,7-8H2,1-3H3,(H,17,18,21)/t10-/m0/s1. The van der Waals surface area contributed by atoms with Crippen LogP contribution in [0.25, 0.3) is 11.0 Å². The van der Waals surface area contributed by atoms with Crippen LogP contribution in [0.5, 0.6) is 0 Å². The van der Waals surface area contributed by atoms with E-state index in [-0.39, 0.29) is 11.9 Å². The molecule has 0 spiro atoms. The molecule has 0 saturated heterocycles. The normalized spacial score (nSPS) is 17.5. The first-order valence-electron chi connectivity index (χ1n) is 8.08. The van der Waals surface area contributed by atoms with Gasteiger partial charge >= 0.3 is 0 Å². The van der Waals surface area contributed by atoms with Crippen LogP contribution in [-0.4, -0.2) is 47.5 Å². The molecule has 124 valence electrons. The van der Waals surface area contributed by atoms with E-state index in [1.165, 1.54) is 0 Å². The van der Waals surface area contributed by atoms with E-state index >= 15 is 0 Å². The minimum Gasteiger partial charge on any atom is -0.329 e. The van der Waals surface area contributed by atoms with Crippen LogP contribution in [-0.2, 0) is 6.54 Å². The van der Waals surface area contributed by atoms with Crippen molar-refractivity contribution in [3.63, 3.8) is 0 Å². The van der Waals surface area contributed by atoms with E-state index in [1.807, 2.05) is 4.90 Å². The summed E-state index contributed by atoms with van der Waals surface area (Å²) in [4.78, 5) is 14.7. The molecule has 0 aliphatic carbocycles. The largest absolute Gasteiger partial charge is 0.329 e. The third-order valence-electron chi connectivity index (χ3n) is 4.42. The Morgan fingerprint density at radius 2 is 2.04 bits per heavy atom. The summed E-state index contributed by atoms with van der Waals surface area (Å²) in [6.07, 6.45) is 0. The van der Waals surface area contributed by atoms with Gasteiger partial charge in [0.05, 0.1) is 12.6 Å². The average Bonchev–Trinajstić information content (AvgIpc) is 3.19. The fourth-order valence-electron chi connectivity index (χ4n) is 3.27. The van der Waals surface area contributed by atoms with Gasteiger partial charge in [-0.1, -0.05) is 13.8 Å². The van der Waals surface area contributed by atoms with Gasteiger partial charge in [-0.15, -0.1) is 10.2 Å². The highest BCUT2D eigenvalue weighted by Gasteiger charge is 2.30. The van der Waals surface area contributed by atoms with Crippen molar-refractivity contribution in [3.8, 4) is 0 Å². The number of amides is 1. The van der Waals surface area contributed by atoms with Crippen LogP contribution in [0, 0.1) is 0 Å². The number of aromatic nitrogens is 6. The third-order valence-corrected chi connectivity index (χ3v) is 4.42. The number of benzene rings is 1. The van der Waals surface area contributed by atoms with E-state index < -0.39 is 0 Å². The quantitative estimate of drug-likeness (QED) is 0.776. The minimum absolute atomic E-state index is 0.0212. The first-order valence-corrected chi connectivity index (χ1v) is 8.08. The fourth-order valence-corrected chi connectivity index (χ4v) is 3.27. The summed E-state index contributed by atoms with van der Waals surface area (Å²) in [6, 6.07) is 5.51. The maximum atomic E-state index is 12.9. The molecular formula is C16H19N7O. The Balaban J connectivity index is 1.64. The first kappa shape index (κ1) is 14.8. The topological polar surface area (TPSA) is 92.6 Å². The highest BCUT2D eigenvalue weighted by Crippen LogP contribution is 2.26. The van der Waals surface area contributed by atoms with Crippen molar-refractivity contribution in [2.75, 3.05) is 6.54 Å². The molecule has 2 aromatic heterocycles. The predicted octanol–water partition coefficient (Wildman–Crippen LogP) is 1.89. The zero-order chi connectivity index (χ0) is 16.8. The Bertz CT molecular complexity index is 910. The van der Waals surface area contributed by atoms with Crippen molar-refractivity contribution in [1.82, 2.24) is 35.1 Å². The highest BCUT2D eigenvalue weighted by molar-refractivity contribution is 5.97. The monoisotopic (exact) mass is 325 g/mol. The third kappa shape index (κ3) is 2.26. The lowest BCUT2D eigenvalue weighted by molar-refractivity contribution is 0.0679. The van der Waals surface area contributed by atoms with Crippen LogP contribution in [0.1, 0.15) is 54.7 Å². The molecule has 0 bridgehead atoms. The second kappa shape index (κ2) is 5.40. The Labute approximate surface area is 138 Å². The van der Waals surface area contributed by atoms with Gasteiger partial charge in [0.25, 0.3) is 5.91 Å². The van der Waals surface area contributed by atoms with E-state index in [0.29, 0.717) is 30.1 Å². The molecule has 1 atom stereocenters. The summed E-state index contributed by atoms with van der Waals surface area (Å²) in [5, 5.41) is 19.2. The molecule has 8 nitrogen and oxygen atoms in total. The van der Waals surface area contributed by atoms with E-state index in [0.717, 1.165) is 17.2 Å². The molecule has 1 amide bonds. The van der Waals surface area contributed by atoms with Crippen LogP contribution >= 0.6 is 0 Å². The number of hydrogen-bond donors (Lipinski definition) is 1. The van der Waals surface area contributed by atoms with Gasteiger partial charge in [0.1, 0.15) is 16.9 Å². The van der Waals surface area contributed by atoms with E-state index in [1.54, 1.807) is 18.2 Å². The van der Waals surface area contributed by atoms with Crippen LogP contribution in [0.15, 0.2) is 18.2 Å². The molecule has 0 unspecified atom stereocenters. The number of nitrogens with zero attached hydrogens (tertiary/aromatic N) is 6. The Kier molecular flexibility index (Phi) is 3.33. The summed E-state index contributed by atoms with van der Waals surface area (Å²) < 4.78 is 2.16. The number of H-pyrrole nitrogens is 1. The molecule has 3 heterocycles. The molecule has 4 rings (SSSR count). The number of fused-ring (bicyclic) bond motifs is 2. The number of hydrogen-bond acceptors (Lipinski definition) is 5. The van der Waals surface area contributed by atoms with Crippen LogP contribution in [0.2, 0.25) is 0 Å². The van der Waals surface area contributed by atoms with Gasteiger partial charge in [-0.2, -0.15) is 15.4 Å². The molecule has 0 fully saturated rings. The lowest BCUT2D eigenvalue weighted by Crippen LogP contribution is -2.40. The highest BCUT2D eigenvalue weighted by atomic mass is 16.2. The minimum atomic E-state index is -0.0212. The summed E-state index contributed by atoms with van der Waals surface area (Å²) in [7, 11) is 0. The van der Waals surface area contributed by atoms with Crippen molar-refractivity contribution in [2.24, 2.45) is 0 Å². The van der Waals surface area contributed by atoms with Gasteiger partial charge in [-0.25, -0.2) is 0 Å². The Morgan fingerprint density at radius 3 is 2.83 bits per heavy atom. The molecule has 8 heteroatoms. The number of carbonyl (C=O) groups is 1. The van der Waals surface area contributed by atoms with Crippen LogP contribution in [0.3, 0.4) is 0 Å². The summed E-state index contributed by atoms with van der Waals surface area (Å²) >= 11 is 0. The number of carbonyl (C=O) groups excluding carboxylic acids is 1. The number of nitrogens with one attached hydrogen (secondary N) is 1. The van der Waals surface area contributed by atoms with Crippen LogP contribution in [0.4, 0.5) is 0 Å². The molecule has 1 aliphatic heterocycles. The molecule has 24 heavy (non-hydrogen) atoms. The van der Waals surface area contributed by atoms with Crippen LogP contribution < -0.4 is 0 Å². The number of aromatic amines is 1. The van der Waals surface area contributed by atoms with E-state index in [9.17, 15) is 4.79 Å². The van der Waals surface area contributed by atoms with Crippen molar-refractivity contribution in [1.29, 1.82) is 0 Å². The Hall–Kier alpha value is -2.77. The predicted molar refractivity (Wildman–Crippen MR) is 87.5 cm³/mol. The van der Waals surface area contributed by atoms with Crippen molar-refractivity contribution < 1.29 is 4.79 Å². The molecule has 0 saturated carbocycles. The van der Waals surface area contributed by atoms with Gasteiger partial charge in [0.15, 0.2) is 5.82 Å². The van der Waals surface area contributed by atoms with Crippen molar-refractivity contribution >= 4 is 16.9 Å². The molecule has 1 N–H and O–H groups in total. The second-order valence-corrected chi connectivity index (χ2v) is 6.56. The number of rotatable bonds is 2. The second-order valence-electron chi connectivity index (χ2n) is 6.56. The van der Waals surface area contributed by atoms with Gasteiger partial charge in [0.2, 0.25) is 0 Å². The summed E-state index contributed by atoms with van der Waals surface area (Å²) in [6.45, 7) is 7.42. The smallest absolute Gasteiger partial charge is 0.254 e. The molecular weight excluding hydrogens is 306 g/mol. The SMILES string of the molecule is CC(C)c1nnc2n1[C@@H](C)CN(C(=O)c1ccc3n[nH]nc3c1)C2. The zero-order valence-electron chi connectivity index (χ0n) is 13.9. The maximum absolute atomic E-state index is 12.9. The van der Waals surface area contributed by atoms with Gasteiger partial charge < -0.3 is 9.47 Å². The molecule has 1 aliphatic rings. The summed E-state index contributed by atoms with van der Waals surface area (Å²) in [5.74, 6) is 2.11. The average molecular weight is 325 g/mol.